The van der Waals surface area contributed by atoms with Crippen molar-refractivity contribution in [2.24, 2.45) is 5.73 Å². The van der Waals surface area contributed by atoms with E-state index < -0.39 is 5.91 Å². The van der Waals surface area contributed by atoms with E-state index in [2.05, 4.69) is 24.2 Å². The summed E-state index contributed by atoms with van der Waals surface area (Å²) in [6.07, 6.45) is 2.86. The highest BCUT2D eigenvalue weighted by Crippen LogP contribution is 2.24. The molecule has 2 unspecified atom stereocenters. The first-order valence-corrected chi connectivity index (χ1v) is 6.68. The van der Waals surface area contributed by atoms with Crippen LogP contribution in [0.2, 0.25) is 0 Å². The van der Waals surface area contributed by atoms with Crippen LogP contribution in [0.15, 0.2) is 12.3 Å². The van der Waals surface area contributed by atoms with E-state index in [-0.39, 0.29) is 11.4 Å². The number of aromatic nitrogens is 3. The van der Waals surface area contributed by atoms with Crippen molar-refractivity contribution < 1.29 is 4.79 Å². The van der Waals surface area contributed by atoms with Crippen LogP contribution in [0.25, 0.3) is 5.65 Å². The van der Waals surface area contributed by atoms with Gasteiger partial charge in [0.25, 0.3) is 5.91 Å². The molecule has 0 saturated carbocycles. The van der Waals surface area contributed by atoms with Crippen molar-refractivity contribution in [1.82, 2.24) is 14.6 Å². The van der Waals surface area contributed by atoms with Gasteiger partial charge in [0, 0.05) is 19.3 Å². The van der Waals surface area contributed by atoms with Crippen molar-refractivity contribution in [3.8, 4) is 0 Å². The molecule has 2 aromatic rings. The largest absolute Gasteiger partial charge is 0.381 e. The molecule has 1 saturated heterocycles. The fraction of sp³-hybridized carbons (Fsp3) is 0.364. The number of hydrogen-bond acceptors (Lipinski definition) is 5. The Morgan fingerprint density at radius 1 is 1.53 bits per heavy atom. The fourth-order valence-electron chi connectivity index (χ4n) is 2.34. The van der Waals surface area contributed by atoms with Gasteiger partial charge in [-0.3, -0.25) is 4.79 Å². The van der Waals surface area contributed by atoms with Crippen LogP contribution in [0.1, 0.15) is 16.8 Å². The number of carbonyl (C=O) groups is 1. The van der Waals surface area contributed by atoms with E-state index in [0.29, 0.717) is 11.3 Å². The summed E-state index contributed by atoms with van der Waals surface area (Å²) in [5.41, 5.74) is 12.2. The molecule has 1 aliphatic heterocycles. The number of nitrogens with zero attached hydrogens (tertiary/aromatic N) is 4. The average Bonchev–Trinajstić information content (AvgIpc) is 2.90. The number of nitrogen functional groups attached to an aromatic ring is 1. The maximum atomic E-state index is 11.4. The molecule has 1 amide bonds. The lowest BCUT2D eigenvalue weighted by Gasteiger charge is -2.16. The van der Waals surface area contributed by atoms with Gasteiger partial charge in [0.15, 0.2) is 11.5 Å². The summed E-state index contributed by atoms with van der Waals surface area (Å²) in [7, 11) is 2.82. The van der Waals surface area contributed by atoms with Crippen molar-refractivity contribution in [2.45, 2.75) is 12.1 Å². The molecule has 1 fully saturated rings. The number of anilines is 2. The maximum absolute atomic E-state index is 11.4. The van der Waals surface area contributed by atoms with E-state index in [4.69, 9.17) is 11.5 Å². The normalized spacial score (nSPS) is 19.2. The number of rotatable bonds is 2. The topological polar surface area (TPSA) is 103 Å². The van der Waals surface area contributed by atoms with Crippen LogP contribution < -0.4 is 16.4 Å². The van der Waals surface area contributed by atoms with Gasteiger partial charge in [-0.15, -0.1) is 14.3 Å². The monoisotopic (exact) mass is 278 g/mol. The second kappa shape index (κ2) is 4.35. The number of carbonyl (C=O) groups excluding carboxylic acids is 1. The highest BCUT2D eigenvalue weighted by molar-refractivity contribution is 7.17. The number of nitrogens with two attached hydrogens (primary N) is 2. The second-order valence-corrected chi connectivity index (χ2v) is 5.62. The van der Waals surface area contributed by atoms with Crippen LogP contribution in [-0.4, -0.2) is 39.3 Å². The van der Waals surface area contributed by atoms with E-state index in [0.717, 1.165) is 25.3 Å². The Hall–Kier alpha value is -1.88. The maximum Gasteiger partial charge on any atom is 0.256 e. The zero-order valence-corrected chi connectivity index (χ0v) is 11.4. The van der Waals surface area contributed by atoms with Crippen LogP contribution in [0.4, 0.5) is 11.6 Å². The second-order valence-electron chi connectivity index (χ2n) is 4.67. The van der Waals surface area contributed by atoms with Crippen LogP contribution >= 0.6 is 9.24 Å². The molecule has 7 nitrogen and oxygen atoms in total. The first-order valence-electron chi connectivity index (χ1n) is 6.01. The van der Waals surface area contributed by atoms with Gasteiger partial charge in [-0.1, -0.05) is 0 Å². The quantitative estimate of drug-likeness (QED) is 0.745. The van der Waals surface area contributed by atoms with Gasteiger partial charge in [0.2, 0.25) is 0 Å². The Morgan fingerprint density at radius 2 is 2.32 bits per heavy atom. The predicted octanol–water partition coefficient (Wildman–Crippen LogP) is -0.136. The average molecular weight is 278 g/mol. The SMILES string of the molecule is NC(=O)c1c(N)nn2ccc(N3CCC(P)C3)nc12. The lowest BCUT2D eigenvalue weighted by atomic mass is 10.3. The van der Waals surface area contributed by atoms with Gasteiger partial charge in [-0.05, 0) is 18.1 Å². The Balaban J connectivity index is 2.09. The molecule has 3 rings (SSSR count). The molecule has 8 heteroatoms. The molecule has 4 N–H and O–H groups in total. The summed E-state index contributed by atoms with van der Waals surface area (Å²) in [5.74, 6) is 0.324. The summed E-state index contributed by atoms with van der Waals surface area (Å²) < 4.78 is 1.48. The van der Waals surface area contributed by atoms with Crippen molar-refractivity contribution in [2.75, 3.05) is 23.7 Å². The van der Waals surface area contributed by atoms with Gasteiger partial charge in [0.05, 0.1) is 0 Å². The molecule has 2 atom stereocenters. The van der Waals surface area contributed by atoms with Crippen molar-refractivity contribution in [3.63, 3.8) is 0 Å². The van der Waals surface area contributed by atoms with Crippen molar-refractivity contribution >= 4 is 32.4 Å². The molecular weight excluding hydrogens is 263 g/mol. The van der Waals surface area contributed by atoms with Crippen molar-refractivity contribution in [3.05, 3.63) is 17.8 Å². The van der Waals surface area contributed by atoms with E-state index in [1.165, 1.54) is 4.52 Å². The predicted molar refractivity (Wildman–Crippen MR) is 76.2 cm³/mol. The zero-order chi connectivity index (χ0) is 13.6. The van der Waals surface area contributed by atoms with E-state index in [9.17, 15) is 4.79 Å². The first kappa shape index (κ1) is 12.2. The van der Waals surface area contributed by atoms with Crippen LogP contribution in [0.5, 0.6) is 0 Å². The fourth-order valence-corrected chi connectivity index (χ4v) is 2.75. The van der Waals surface area contributed by atoms with Crippen molar-refractivity contribution in [1.29, 1.82) is 0 Å². The van der Waals surface area contributed by atoms with E-state index in [1.54, 1.807) is 6.20 Å². The Morgan fingerprint density at radius 3 is 2.95 bits per heavy atom. The molecule has 0 radical (unpaired) electrons. The molecule has 0 spiro atoms. The molecule has 2 aromatic heterocycles. The summed E-state index contributed by atoms with van der Waals surface area (Å²) in [4.78, 5) is 18.1. The molecule has 3 heterocycles. The third kappa shape index (κ3) is 2.00. The van der Waals surface area contributed by atoms with Gasteiger partial charge >= 0.3 is 0 Å². The Labute approximate surface area is 112 Å². The molecule has 0 bridgehead atoms. The standard InChI is InChI=1S/C11H15N6OP/c12-9-8(10(13)18)11-14-7(2-4-17(11)15-9)16-3-1-6(19)5-16/h2,4,6H,1,3,5,19H2,(H2,12,15)(H2,13,18). The molecule has 19 heavy (non-hydrogen) atoms. The summed E-state index contributed by atoms with van der Waals surface area (Å²) >= 11 is 0. The molecule has 0 aromatic carbocycles. The van der Waals surface area contributed by atoms with Gasteiger partial charge < -0.3 is 16.4 Å². The number of hydrogen-bond donors (Lipinski definition) is 2. The van der Waals surface area contributed by atoms with Crippen LogP contribution in [-0.2, 0) is 0 Å². The third-order valence-corrected chi connectivity index (χ3v) is 3.84. The number of fused-ring (bicyclic) bond motifs is 1. The summed E-state index contributed by atoms with van der Waals surface area (Å²) in [5, 5.41) is 4.03. The van der Waals surface area contributed by atoms with Gasteiger partial charge in [-0.2, -0.15) is 0 Å². The van der Waals surface area contributed by atoms with Crippen LogP contribution in [0.3, 0.4) is 0 Å². The van der Waals surface area contributed by atoms with Gasteiger partial charge in [0.1, 0.15) is 11.4 Å². The lowest BCUT2D eigenvalue weighted by molar-refractivity contribution is 0.100. The Bertz CT molecular complexity index is 654. The summed E-state index contributed by atoms with van der Waals surface area (Å²) in [6.45, 7) is 1.89. The van der Waals surface area contributed by atoms with Gasteiger partial charge in [-0.25, -0.2) is 9.50 Å². The minimum Gasteiger partial charge on any atom is -0.381 e. The number of amides is 1. The third-order valence-electron chi connectivity index (χ3n) is 3.29. The van der Waals surface area contributed by atoms with Crippen LogP contribution in [0, 0.1) is 0 Å². The molecular formula is C11H15N6OP. The minimum absolute atomic E-state index is 0.113. The highest BCUT2D eigenvalue weighted by atomic mass is 31.0. The molecule has 0 aliphatic carbocycles. The molecule has 1 aliphatic rings. The highest BCUT2D eigenvalue weighted by Gasteiger charge is 2.22. The lowest BCUT2D eigenvalue weighted by Crippen LogP contribution is -2.21. The minimum atomic E-state index is -0.609. The first-order chi connectivity index (χ1) is 9.06. The van der Waals surface area contributed by atoms with E-state index >= 15 is 0 Å². The smallest absolute Gasteiger partial charge is 0.256 e. The zero-order valence-electron chi connectivity index (χ0n) is 10.3. The van der Waals surface area contributed by atoms with E-state index in [1.807, 2.05) is 6.07 Å². The Kier molecular flexibility index (Phi) is 2.78. The summed E-state index contributed by atoms with van der Waals surface area (Å²) in [6, 6.07) is 1.87. The number of primary amides is 1. The molecule has 100 valence electrons.